The molecular weight excluding hydrogens is 276 g/mol. The first-order valence-corrected chi connectivity index (χ1v) is 8.41. The van der Waals surface area contributed by atoms with Crippen LogP contribution in [0, 0.1) is 0 Å². The van der Waals surface area contributed by atoms with Gasteiger partial charge in [0.1, 0.15) is 4.75 Å². The lowest BCUT2D eigenvalue weighted by Crippen LogP contribution is -2.58. The molecule has 3 rings (SSSR count). The monoisotopic (exact) mass is 296 g/mol. The van der Waals surface area contributed by atoms with Crippen molar-refractivity contribution in [3.63, 3.8) is 0 Å². The standard InChI is InChI=1S/C15H20O4S/c1-14(10-19-11-14)20(16,17)15(7-8-15)12-18-9-13-5-3-2-4-6-13/h2-6H,7-12H2,1H3. The molecule has 1 aromatic carbocycles. The molecule has 1 aliphatic heterocycles. The maximum atomic E-state index is 12.7. The molecular formula is C15H20O4S. The Kier molecular flexibility index (Phi) is 3.39. The third kappa shape index (κ3) is 2.18. The van der Waals surface area contributed by atoms with E-state index in [0.717, 1.165) is 5.56 Å². The summed E-state index contributed by atoms with van der Waals surface area (Å²) in [7, 11) is -3.19. The van der Waals surface area contributed by atoms with Crippen LogP contribution in [-0.4, -0.2) is 37.7 Å². The number of rotatable bonds is 6. The van der Waals surface area contributed by atoms with Crippen LogP contribution in [0.2, 0.25) is 0 Å². The lowest BCUT2D eigenvalue weighted by atomic mass is 10.1. The molecule has 4 nitrogen and oxygen atoms in total. The Hall–Kier alpha value is -0.910. The molecule has 0 spiro atoms. The zero-order valence-corrected chi connectivity index (χ0v) is 12.5. The van der Waals surface area contributed by atoms with Crippen LogP contribution < -0.4 is 0 Å². The summed E-state index contributed by atoms with van der Waals surface area (Å²) in [6, 6.07) is 9.82. The fourth-order valence-corrected chi connectivity index (χ4v) is 5.03. The summed E-state index contributed by atoms with van der Waals surface area (Å²) in [5.74, 6) is 0. The van der Waals surface area contributed by atoms with Gasteiger partial charge in [0.2, 0.25) is 0 Å². The van der Waals surface area contributed by atoms with Crippen molar-refractivity contribution in [3.05, 3.63) is 35.9 Å². The van der Waals surface area contributed by atoms with E-state index in [2.05, 4.69) is 0 Å². The number of hydrogen-bond donors (Lipinski definition) is 0. The van der Waals surface area contributed by atoms with Gasteiger partial charge in [-0.15, -0.1) is 0 Å². The van der Waals surface area contributed by atoms with E-state index in [9.17, 15) is 8.42 Å². The van der Waals surface area contributed by atoms with Crippen LogP contribution in [0.25, 0.3) is 0 Å². The second kappa shape index (κ2) is 4.83. The average molecular weight is 296 g/mol. The lowest BCUT2D eigenvalue weighted by Gasteiger charge is -2.40. The van der Waals surface area contributed by atoms with Crippen molar-refractivity contribution in [2.45, 2.75) is 35.9 Å². The number of ether oxygens (including phenoxy) is 2. The summed E-state index contributed by atoms with van der Waals surface area (Å²) < 4.78 is 34.8. The summed E-state index contributed by atoms with van der Waals surface area (Å²) >= 11 is 0. The highest BCUT2D eigenvalue weighted by molar-refractivity contribution is 7.94. The molecule has 1 saturated carbocycles. The van der Waals surface area contributed by atoms with E-state index in [1.165, 1.54) is 0 Å². The first kappa shape index (κ1) is 14.0. The first-order valence-electron chi connectivity index (χ1n) is 6.93. The largest absolute Gasteiger partial charge is 0.378 e. The molecule has 2 aliphatic rings. The predicted molar refractivity (Wildman–Crippen MR) is 76.2 cm³/mol. The van der Waals surface area contributed by atoms with Gasteiger partial charge in [-0.25, -0.2) is 8.42 Å². The molecule has 2 fully saturated rings. The van der Waals surface area contributed by atoms with Crippen LogP contribution in [0.3, 0.4) is 0 Å². The Labute approximate surface area is 120 Å². The van der Waals surface area contributed by atoms with Crippen molar-refractivity contribution in [3.8, 4) is 0 Å². The molecule has 1 saturated heterocycles. The normalized spacial score (nSPS) is 23.1. The van der Waals surface area contributed by atoms with Gasteiger partial charge in [-0.1, -0.05) is 30.3 Å². The third-order valence-corrected chi connectivity index (χ3v) is 7.52. The second-order valence-corrected chi connectivity index (χ2v) is 8.97. The highest BCUT2D eigenvalue weighted by Gasteiger charge is 2.63. The van der Waals surface area contributed by atoms with Gasteiger partial charge in [0.15, 0.2) is 9.84 Å². The topological polar surface area (TPSA) is 52.6 Å². The van der Waals surface area contributed by atoms with Crippen molar-refractivity contribution in [1.29, 1.82) is 0 Å². The highest BCUT2D eigenvalue weighted by Crippen LogP contribution is 2.50. The Morgan fingerprint density at radius 2 is 1.85 bits per heavy atom. The Balaban J connectivity index is 1.62. The van der Waals surface area contributed by atoms with Crippen molar-refractivity contribution >= 4 is 9.84 Å². The predicted octanol–water partition coefficient (Wildman–Crippen LogP) is 1.94. The van der Waals surface area contributed by atoms with Crippen molar-refractivity contribution < 1.29 is 17.9 Å². The van der Waals surface area contributed by atoms with Crippen LogP contribution in [0.1, 0.15) is 25.3 Å². The van der Waals surface area contributed by atoms with E-state index in [1.807, 2.05) is 30.3 Å². The van der Waals surface area contributed by atoms with Gasteiger partial charge in [0.05, 0.1) is 31.2 Å². The molecule has 0 radical (unpaired) electrons. The van der Waals surface area contributed by atoms with Crippen molar-refractivity contribution in [2.24, 2.45) is 0 Å². The SMILES string of the molecule is CC1(S(=O)(=O)C2(COCc3ccccc3)CC2)COC1. The van der Waals surface area contributed by atoms with Crippen LogP contribution in [0.15, 0.2) is 30.3 Å². The lowest BCUT2D eigenvalue weighted by molar-refractivity contribution is -0.00628. The molecule has 1 heterocycles. The fourth-order valence-electron chi connectivity index (χ4n) is 2.63. The second-order valence-electron chi connectivity index (χ2n) is 6.11. The average Bonchev–Trinajstić information content (AvgIpc) is 3.18. The molecule has 1 aliphatic carbocycles. The van der Waals surface area contributed by atoms with E-state index >= 15 is 0 Å². The van der Waals surface area contributed by atoms with Gasteiger partial charge >= 0.3 is 0 Å². The minimum atomic E-state index is -3.19. The van der Waals surface area contributed by atoms with Crippen molar-refractivity contribution in [2.75, 3.05) is 19.8 Å². The summed E-state index contributed by atoms with van der Waals surface area (Å²) in [6.07, 6.45) is 1.42. The smallest absolute Gasteiger partial charge is 0.168 e. The number of sulfone groups is 1. The summed E-state index contributed by atoms with van der Waals surface area (Å²) in [5.41, 5.74) is 1.07. The van der Waals surface area contributed by atoms with Crippen LogP contribution >= 0.6 is 0 Å². The Bertz CT molecular complexity index is 571. The number of hydrogen-bond acceptors (Lipinski definition) is 4. The maximum Gasteiger partial charge on any atom is 0.168 e. The third-order valence-electron chi connectivity index (χ3n) is 4.32. The van der Waals surface area contributed by atoms with Crippen LogP contribution in [-0.2, 0) is 25.9 Å². The molecule has 0 bridgehead atoms. The zero-order valence-electron chi connectivity index (χ0n) is 11.7. The maximum absolute atomic E-state index is 12.7. The molecule has 0 atom stereocenters. The minimum Gasteiger partial charge on any atom is -0.378 e. The van der Waals surface area contributed by atoms with Crippen LogP contribution in [0.5, 0.6) is 0 Å². The molecule has 20 heavy (non-hydrogen) atoms. The van der Waals surface area contributed by atoms with E-state index < -0.39 is 19.3 Å². The van der Waals surface area contributed by atoms with Gasteiger partial charge in [-0.2, -0.15) is 0 Å². The molecule has 0 N–H and O–H groups in total. The highest BCUT2D eigenvalue weighted by atomic mass is 32.2. The summed E-state index contributed by atoms with van der Waals surface area (Å²) in [5, 5.41) is 0. The van der Waals surface area contributed by atoms with E-state index in [1.54, 1.807) is 6.92 Å². The molecule has 1 aromatic rings. The van der Waals surface area contributed by atoms with E-state index in [-0.39, 0.29) is 0 Å². The van der Waals surface area contributed by atoms with Gasteiger partial charge in [-0.3, -0.25) is 0 Å². The summed E-state index contributed by atoms with van der Waals surface area (Å²) in [4.78, 5) is 0. The van der Waals surface area contributed by atoms with Crippen LogP contribution in [0.4, 0.5) is 0 Å². The van der Waals surface area contributed by atoms with E-state index in [0.29, 0.717) is 39.3 Å². The van der Waals surface area contributed by atoms with E-state index in [4.69, 9.17) is 9.47 Å². The minimum absolute atomic E-state index is 0.291. The number of benzene rings is 1. The first-order chi connectivity index (χ1) is 9.49. The Morgan fingerprint density at radius 3 is 2.35 bits per heavy atom. The van der Waals surface area contributed by atoms with Gasteiger partial charge in [-0.05, 0) is 25.3 Å². The summed E-state index contributed by atoms with van der Waals surface area (Å²) in [6.45, 7) is 3.17. The molecule has 110 valence electrons. The quantitative estimate of drug-likeness (QED) is 0.805. The van der Waals surface area contributed by atoms with Crippen molar-refractivity contribution in [1.82, 2.24) is 0 Å². The molecule has 0 aromatic heterocycles. The molecule has 0 unspecified atom stereocenters. The zero-order chi connectivity index (χ0) is 14.3. The van der Waals surface area contributed by atoms with Gasteiger partial charge in [0, 0.05) is 0 Å². The Morgan fingerprint density at radius 1 is 1.20 bits per heavy atom. The molecule has 5 heteroatoms. The fraction of sp³-hybridized carbons (Fsp3) is 0.600. The van der Waals surface area contributed by atoms with Gasteiger partial charge < -0.3 is 9.47 Å². The molecule has 0 amide bonds. The van der Waals surface area contributed by atoms with Gasteiger partial charge in [0.25, 0.3) is 0 Å².